The third-order valence-corrected chi connectivity index (χ3v) is 4.71. The van der Waals surface area contributed by atoms with E-state index in [9.17, 15) is 4.79 Å². The minimum absolute atomic E-state index is 0.216. The number of nitrogens with one attached hydrogen (secondary N) is 2. The van der Waals surface area contributed by atoms with E-state index in [0.717, 1.165) is 22.5 Å². The highest BCUT2D eigenvalue weighted by Gasteiger charge is 2.16. The molecule has 3 aromatic rings. The Kier molecular flexibility index (Phi) is 5.03. The van der Waals surface area contributed by atoms with Gasteiger partial charge < -0.3 is 20.1 Å². The number of anilines is 3. The van der Waals surface area contributed by atoms with Gasteiger partial charge in [-0.2, -0.15) is 0 Å². The van der Waals surface area contributed by atoms with Crippen molar-refractivity contribution in [3.63, 3.8) is 0 Å². The smallest absolute Gasteiger partial charge is 0.274 e. The zero-order valence-electron chi connectivity index (χ0n) is 16.5. The second-order valence-electron chi connectivity index (χ2n) is 7.13. The van der Waals surface area contributed by atoms with E-state index in [1.165, 1.54) is 6.33 Å². The molecule has 1 aliphatic rings. The fraction of sp³-hybridized carbons (Fsp3) is 0.227. The maximum atomic E-state index is 12.8. The minimum Gasteiger partial charge on any atom is -0.454 e. The highest BCUT2D eigenvalue weighted by molar-refractivity contribution is 6.04. The number of aryl methyl sites for hydroxylation is 1. The Bertz CT molecular complexity index is 1070. The normalized spacial score (nSPS) is 12.1. The predicted octanol–water partition coefficient (Wildman–Crippen LogP) is 4.63. The number of benzene rings is 2. The first-order valence-electron chi connectivity index (χ1n) is 9.41. The van der Waals surface area contributed by atoms with Crippen LogP contribution < -0.4 is 20.1 Å². The second kappa shape index (κ2) is 7.79. The number of aromatic nitrogens is 2. The van der Waals surface area contributed by atoms with Crippen molar-refractivity contribution >= 4 is 23.1 Å². The molecule has 7 nitrogen and oxygen atoms in total. The Morgan fingerprint density at radius 1 is 1.07 bits per heavy atom. The predicted molar refractivity (Wildman–Crippen MR) is 111 cm³/mol. The van der Waals surface area contributed by atoms with Crippen LogP contribution >= 0.6 is 0 Å². The zero-order valence-corrected chi connectivity index (χ0v) is 16.5. The summed E-state index contributed by atoms with van der Waals surface area (Å²) in [7, 11) is 0. The molecule has 1 amide bonds. The quantitative estimate of drug-likeness (QED) is 0.660. The van der Waals surface area contributed by atoms with E-state index in [1.54, 1.807) is 6.07 Å². The SMILES string of the molecule is Cc1cccc(C(C)C)c1NC(=O)c1cc(Nc2ccc3c(c2)OCO3)ncn1. The molecule has 2 N–H and O–H groups in total. The summed E-state index contributed by atoms with van der Waals surface area (Å²) in [6.45, 7) is 6.40. The van der Waals surface area contributed by atoms with Gasteiger partial charge in [-0.1, -0.05) is 32.0 Å². The van der Waals surface area contributed by atoms with Crippen LogP contribution in [-0.2, 0) is 0 Å². The standard InChI is InChI=1S/C22H22N4O3/c1-13(2)16-6-4-5-14(3)21(16)26-22(27)17-10-20(24-11-23-17)25-15-7-8-18-19(9-15)29-12-28-18/h4-11,13H,12H2,1-3H3,(H,26,27)(H,23,24,25). The molecule has 0 saturated carbocycles. The zero-order chi connectivity index (χ0) is 20.4. The van der Waals surface area contributed by atoms with E-state index in [1.807, 2.05) is 43.3 Å². The highest BCUT2D eigenvalue weighted by Crippen LogP contribution is 2.35. The fourth-order valence-corrected chi connectivity index (χ4v) is 3.19. The lowest BCUT2D eigenvalue weighted by Gasteiger charge is -2.16. The number of hydrogen-bond donors (Lipinski definition) is 2. The lowest BCUT2D eigenvalue weighted by atomic mass is 9.98. The van der Waals surface area contributed by atoms with Crippen molar-refractivity contribution in [1.82, 2.24) is 9.97 Å². The Morgan fingerprint density at radius 2 is 1.90 bits per heavy atom. The molecule has 2 heterocycles. The summed E-state index contributed by atoms with van der Waals surface area (Å²) in [6, 6.07) is 13.1. The molecule has 1 aliphatic heterocycles. The maximum Gasteiger partial charge on any atom is 0.274 e. The third kappa shape index (κ3) is 3.99. The molecular weight excluding hydrogens is 368 g/mol. The van der Waals surface area contributed by atoms with Crippen molar-refractivity contribution in [2.75, 3.05) is 17.4 Å². The molecule has 1 aromatic heterocycles. The number of carbonyl (C=O) groups excluding carboxylic acids is 1. The number of amides is 1. The van der Waals surface area contributed by atoms with Crippen molar-refractivity contribution in [3.05, 3.63) is 65.6 Å². The lowest BCUT2D eigenvalue weighted by Crippen LogP contribution is -2.16. The van der Waals surface area contributed by atoms with Gasteiger partial charge in [0.05, 0.1) is 0 Å². The van der Waals surface area contributed by atoms with Crippen molar-refractivity contribution < 1.29 is 14.3 Å². The Hall–Kier alpha value is -3.61. The molecule has 0 bridgehead atoms. The first kappa shape index (κ1) is 18.7. The molecule has 0 spiro atoms. The molecule has 0 radical (unpaired) electrons. The van der Waals surface area contributed by atoms with Crippen LogP contribution in [0.25, 0.3) is 0 Å². The van der Waals surface area contributed by atoms with Crippen LogP contribution in [0.4, 0.5) is 17.2 Å². The van der Waals surface area contributed by atoms with Crippen LogP contribution in [0.5, 0.6) is 11.5 Å². The monoisotopic (exact) mass is 390 g/mol. The van der Waals surface area contributed by atoms with Crippen LogP contribution in [0.2, 0.25) is 0 Å². The molecule has 7 heteroatoms. The number of para-hydroxylation sites is 1. The van der Waals surface area contributed by atoms with Crippen LogP contribution in [0.3, 0.4) is 0 Å². The molecule has 0 unspecified atom stereocenters. The molecule has 4 rings (SSSR count). The Balaban J connectivity index is 1.54. The van der Waals surface area contributed by atoms with Crippen LogP contribution in [0, 0.1) is 6.92 Å². The molecule has 148 valence electrons. The molecule has 0 saturated heterocycles. The van der Waals surface area contributed by atoms with Crippen LogP contribution in [-0.4, -0.2) is 22.7 Å². The summed E-state index contributed by atoms with van der Waals surface area (Å²) in [6.07, 6.45) is 1.37. The number of nitrogens with zero attached hydrogens (tertiary/aromatic N) is 2. The first-order valence-corrected chi connectivity index (χ1v) is 9.41. The summed E-state index contributed by atoms with van der Waals surface area (Å²) in [4.78, 5) is 21.2. The van der Waals surface area contributed by atoms with Gasteiger partial charge in [0, 0.05) is 23.5 Å². The summed E-state index contributed by atoms with van der Waals surface area (Å²) in [5.74, 6) is 1.90. The van der Waals surface area contributed by atoms with Gasteiger partial charge in [0.2, 0.25) is 6.79 Å². The number of ether oxygens (including phenoxy) is 2. The van der Waals surface area contributed by atoms with Crippen molar-refractivity contribution in [2.24, 2.45) is 0 Å². The first-order chi connectivity index (χ1) is 14.0. The number of carbonyl (C=O) groups is 1. The van der Waals surface area contributed by atoms with Crippen LogP contribution in [0.1, 0.15) is 41.4 Å². The molecule has 2 aromatic carbocycles. The summed E-state index contributed by atoms with van der Waals surface area (Å²) in [5, 5.41) is 6.18. The summed E-state index contributed by atoms with van der Waals surface area (Å²) in [5.41, 5.74) is 3.99. The topological polar surface area (TPSA) is 85.4 Å². The summed E-state index contributed by atoms with van der Waals surface area (Å²) >= 11 is 0. The fourth-order valence-electron chi connectivity index (χ4n) is 3.19. The van der Waals surface area contributed by atoms with E-state index in [-0.39, 0.29) is 18.4 Å². The average molecular weight is 390 g/mol. The molecule has 0 aliphatic carbocycles. The average Bonchev–Trinajstić information content (AvgIpc) is 3.17. The van der Waals surface area contributed by atoms with Crippen molar-refractivity contribution in [3.8, 4) is 11.5 Å². The number of hydrogen-bond acceptors (Lipinski definition) is 6. The highest BCUT2D eigenvalue weighted by atomic mass is 16.7. The van der Waals surface area contributed by atoms with Gasteiger partial charge in [-0.25, -0.2) is 9.97 Å². The lowest BCUT2D eigenvalue weighted by molar-refractivity contribution is 0.102. The van der Waals surface area contributed by atoms with E-state index in [2.05, 4.69) is 34.4 Å². The van der Waals surface area contributed by atoms with Crippen molar-refractivity contribution in [2.45, 2.75) is 26.7 Å². The summed E-state index contributed by atoms with van der Waals surface area (Å²) < 4.78 is 10.7. The van der Waals surface area contributed by atoms with Crippen LogP contribution in [0.15, 0.2) is 48.8 Å². The molecular formula is C22H22N4O3. The van der Waals surface area contributed by atoms with E-state index >= 15 is 0 Å². The van der Waals surface area contributed by atoms with Crippen molar-refractivity contribution in [1.29, 1.82) is 0 Å². The van der Waals surface area contributed by atoms with Gasteiger partial charge in [-0.05, 0) is 36.1 Å². The molecule has 0 fully saturated rings. The van der Waals surface area contributed by atoms with E-state index < -0.39 is 0 Å². The number of rotatable bonds is 5. The van der Waals surface area contributed by atoms with Gasteiger partial charge >= 0.3 is 0 Å². The van der Waals surface area contributed by atoms with Gasteiger partial charge in [0.15, 0.2) is 11.5 Å². The Morgan fingerprint density at radius 3 is 2.72 bits per heavy atom. The third-order valence-electron chi connectivity index (χ3n) is 4.71. The maximum absolute atomic E-state index is 12.8. The van der Waals surface area contributed by atoms with E-state index in [4.69, 9.17) is 9.47 Å². The Labute approximate surface area is 169 Å². The molecule has 29 heavy (non-hydrogen) atoms. The van der Waals surface area contributed by atoms with Gasteiger partial charge in [-0.3, -0.25) is 4.79 Å². The van der Waals surface area contributed by atoms with Gasteiger partial charge in [0.1, 0.15) is 17.8 Å². The second-order valence-corrected chi connectivity index (χ2v) is 7.13. The largest absolute Gasteiger partial charge is 0.454 e. The molecule has 0 atom stereocenters. The van der Waals surface area contributed by atoms with E-state index in [0.29, 0.717) is 23.2 Å². The number of fused-ring (bicyclic) bond motifs is 1. The van der Waals surface area contributed by atoms with Gasteiger partial charge in [0.25, 0.3) is 5.91 Å². The minimum atomic E-state index is -0.280. The van der Waals surface area contributed by atoms with Gasteiger partial charge in [-0.15, -0.1) is 0 Å².